The first-order valence-corrected chi connectivity index (χ1v) is 7.18. The zero-order valence-electron chi connectivity index (χ0n) is 8.96. The molecular formula is C11H10N2O2S2. The Balaban J connectivity index is 1.64. The van der Waals surface area contributed by atoms with E-state index in [1.54, 1.807) is 29.8 Å². The molecule has 0 amide bonds. The second-order valence-corrected chi connectivity index (χ2v) is 5.75. The molecule has 0 unspecified atom stereocenters. The molecule has 2 aromatic heterocycles. The highest BCUT2D eigenvalue weighted by Gasteiger charge is 2.12. The van der Waals surface area contributed by atoms with Crippen molar-refractivity contribution in [2.24, 2.45) is 4.99 Å². The molecule has 0 saturated heterocycles. The van der Waals surface area contributed by atoms with E-state index >= 15 is 0 Å². The number of aromatic nitrogens is 1. The van der Waals surface area contributed by atoms with Gasteiger partial charge in [-0.2, -0.15) is 0 Å². The lowest BCUT2D eigenvalue weighted by atomic mass is 10.3. The zero-order chi connectivity index (χ0) is 11.5. The van der Waals surface area contributed by atoms with Gasteiger partial charge in [-0.3, -0.25) is 4.99 Å². The van der Waals surface area contributed by atoms with Crippen molar-refractivity contribution in [3.8, 4) is 11.5 Å². The maximum absolute atomic E-state index is 5.24. The van der Waals surface area contributed by atoms with Gasteiger partial charge in [0, 0.05) is 17.6 Å². The lowest BCUT2D eigenvalue weighted by Crippen LogP contribution is -1.84. The van der Waals surface area contributed by atoms with Crippen molar-refractivity contribution in [1.29, 1.82) is 0 Å². The number of thioether (sulfide) groups is 2. The van der Waals surface area contributed by atoms with Gasteiger partial charge in [0.1, 0.15) is 4.38 Å². The maximum Gasteiger partial charge on any atom is 0.202 e. The fourth-order valence-electron chi connectivity index (χ4n) is 1.45. The summed E-state index contributed by atoms with van der Waals surface area (Å²) in [6.07, 6.45) is 1.62. The molecule has 6 heteroatoms. The second-order valence-electron chi connectivity index (χ2n) is 3.44. The van der Waals surface area contributed by atoms with E-state index in [1.807, 2.05) is 18.2 Å². The van der Waals surface area contributed by atoms with Gasteiger partial charge in [-0.25, -0.2) is 0 Å². The third kappa shape index (κ3) is 2.58. The highest BCUT2D eigenvalue weighted by atomic mass is 32.2. The smallest absolute Gasteiger partial charge is 0.202 e. The Labute approximate surface area is 107 Å². The van der Waals surface area contributed by atoms with Crippen LogP contribution in [-0.2, 0) is 5.75 Å². The predicted molar refractivity (Wildman–Crippen MR) is 70.3 cm³/mol. The molecule has 0 radical (unpaired) electrons. The Morgan fingerprint density at radius 3 is 3.18 bits per heavy atom. The van der Waals surface area contributed by atoms with Gasteiger partial charge in [-0.05, 0) is 12.1 Å². The van der Waals surface area contributed by atoms with Crippen molar-refractivity contribution in [2.45, 2.75) is 5.75 Å². The predicted octanol–water partition coefficient (Wildman–Crippen LogP) is 3.27. The number of hydrogen-bond acceptors (Lipinski definition) is 6. The summed E-state index contributed by atoms with van der Waals surface area (Å²) in [4.78, 5) is 4.37. The summed E-state index contributed by atoms with van der Waals surface area (Å²) in [5.74, 6) is 3.27. The summed E-state index contributed by atoms with van der Waals surface area (Å²) in [7, 11) is 0. The molecule has 0 bridgehead atoms. The summed E-state index contributed by atoms with van der Waals surface area (Å²) in [6.45, 7) is 0.934. The van der Waals surface area contributed by atoms with Crippen LogP contribution in [0.3, 0.4) is 0 Å². The van der Waals surface area contributed by atoms with Crippen LogP contribution in [0.2, 0.25) is 0 Å². The molecule has 0 spiro atoms. The molecule has 2 aromatic rings. The minimum Gasteiger partial charge on any atom is -0.461 e. The average molecular weight is 266 g/mol. The fourth-order valence-corrected chi connectivity index (χ4v) is 3.34. The molecule has 3 heterocycles. The Kier molecular flexibility index (Phi) is 3.24. The van der Waals surface area contributed by atoms with Crippen LogP contribution in [0.4, 0.5) is 0 Å². The van der Waals surface area contributed by atoms with Gasteiger partial charge in [0.25, 0.3) is 0 Å². The van der Waals surface area contributed by atoms with E-state index in [-0.39, 0.29) is 0 Å². The van der Waals surface area contributed by atoms with Gasteiger partial charge in [-0.15, -0.1) is 0 Å². The summed E-state index contributed by atoms with van der Waals surface area (Å²) in [5.41, 5.74) is 0.914. The summed E-state index contributed by atoms with van der Waals surface area (Å²) in [5, 5.41) is 4.01. The summed E-state index contributed by atoms with van der Waals surface area (Å²) < 4.78 is 11.6. The molecule has 0 aliphatic carbocycles. The topological polar surface area (TPSA) is 51.5 Å². The third-order valence-electron chi connectivity index (χ3n) is 2.22. The Morgan fingerprint density at radius 1 is 1.41 bits per heavy atom. The Hall–Kier alpha value is -1.14. The molecule has 1 aliphatic heterocycles. The molecular weight excluding hydrogens is 256 g/mol. The number of hydrogen-bond donors (Lipinski definition) is 0. The van der Waals surface area contributed by atoms with Crippen LogP contribution in [0.1, 0.15) is 5.69 Å². The molecule has 4 nitrogen and oxygen atoms in total. The molecule has 0 aromatic carbocycles. The summed E-state index contributed by atoms with van der Waals surface area (Å²) >= 11 is 3.51. The van der Waals surface area contributed by atoms with E-state index in [0.29, 0.717) is 11.5 Å². The molecule has 1 aliphatic rings. The normalized spacial score (nSPS) is 15.2. The van der Waals surface area contributed by atoms with Crippen LogP contribution in [0.25, 0.3) is 11.5 Å². The number of rotatable bonds is 3. The van der Waals surface area contributed by atoms with Crippen molar-refractivity contribution in [3.63, 3.8) is 0 Å². The molecule has 0 saturated carbocycles. The van der Waals surface area contributed by atoms with E-state index in [1.165, 1.54) is 0 Å². The minimum atomic E-state index is 0.673. The number of nitrogens with zero attached hydrogens (tertiary/aromatic N) is 2. The van der Waals surface area contributed by atoms with Gasteiger partial charge in [0.2, 0.25) is 5.76 Å². The lowest BCUT2D eigenvalue weighted by Gasteiger charge is -1.94. The van der Waals surface area contributed by atoms with Crippen LogP contribution in [0.15, 0.2) is 38.4 Å². The van der Waals surface area contributed by atoms with E-state index in [2.05, 4.69) is 10.1 Å². The molecule has 88 valence electrons. The SMILES string of the molecule is c1coc(-c2cc(CSC3=NCCS3)no2)c1. The van der Waals surface area contributed by atoms with Crippen molar-refractivity contribution < 1.29 is 8.94 Å². The van der Waals surface area contributed by atoms with Gasteiger partial charge in [0.05, 0.1) is 18.5 Å². The molecule has 0 N–H and O–H groups in total. The monoisotopic (exact) mass is 266 g/mol. The van der Waals surface area contributed by atoms with Crippen LogP contribution < -0.4 is 0 Å². The minimum absolute atomic E-state index is 0.673. The second kappa shape index (κ2) is 5.01. The molecule has 0 atom stereocenters. The van der Waals surface area contributed by atoms with Crippen LogP contribution in [-0.4, -0.2) is 21.8 Å². The first-order valence-electron chi connectivity index (χ1n) is 5.21. The highest BCUT2D eigenvalue weighted by molar-refractivity contribution is 8.38. The Morgan fingerprint density at radius 2 is 2.41 bits per heavy atom. The largest absolute Gasteiger partial charge is 0.461 e. The van der Waals surface area contributed by atoms with Gasteiger partial charge in [-0.1, -0.05) is 28.7 Å². The van der Waals surface area contributed by atoms with Crippen molar-refractivity contribution >= 4 is 27.9 Å². The summed E-state index contributed by atoms with van der Waals surface area (Å²) in [6, 6.07) is 5.59. The highest BCUT2D eigenvalue weighted by Crippen LogP contribution is 2.27. The van der Waals surface area contributed by atoms with E-state index in [0.717, 1.165) is 28.1 Å². The van der Waals surface area contributed by atoms with Crippen LogP contribution >= 0.6 is 23.5 Å². The average Bonchev–Trinajstić information content (AvgIpc) is 3.09. The third-order valence-corrected chi connectivity index (χ3v) is 4.51. The maximum atomic E-state index is 5.24. The Bertz CT molecular complexity index is 519. The first-order chi connectivity index (χ1) is 8.42. The molecule has 3 rings (SSSR count). The molecule has 0 fully saturated rings. The molecule has 17 heavy (non-hydrogen) atoms. The first kappa shape index (κ1) is 11.0. The quantitative estimate of drug-likeness (QED) is 0.853. The van der Waals surface area contributed by atoms with Crippen molar-refractivity contribution in [1.82, 2.24) is 5.16 Å². The van der Waals surface area contributed by atoms with Crippen molar-refractivity contribution in [3.05, 3.63) is 30.2 Å². The standard InChI is InChI=1S/C11H10N2O2S2/c1-2-9(14-4-1)10-6-8(13-15-10)7-17-11-12-3-5-16-11/h1-2,4,6H,3,5,7H2. The van der Waals surface area contributed by atoms with E-state index in [9.17, 15) is 0 Å². The van der Waals surface area contributed by atoms with Crippen molar-refractivity contribution in [2.75, 3.05) is 12.3 Å². The van der Waals surface area contributed by atoms with Gasteiger partial charge in [0.15, 0.2) is 5.76 Å². The van der Waals surface area contributed by atoms with E-state index < -0.39 is 0 Å². The van der Waals surface area contributed by atoms with Gasteiger partial charge >= 0.3 is 0 Å². The number of furan rings is 1. The van der Waals surface area contributed by atoms with Gasteiger partial charge < -0.3 is 8.94 Å². The van der Waals surface area contributed by atoms with Crippen LogP contribution in [0, 0.1) is 0 Å². The zero-order valence-corrected chi connectivity index (χ0v) is 10.6. The van der Waals surface area contributed by atoms with E-state index in [4.69, 9.17) is 8.94 Å². The fraction of sp³-hybridized carbons (Fsp3) is 0.273. The number of aliphatic imine (C=N–C) groups is 1. The van der Waals surface area contributed by atoms with Crippen LogP contribution in [0.5, 0.6) is 0 Å². The lowest BCUT2D eigenvalue weighted by molar-refractivity contribution is 0.413.